The molecule has 98 valence electrons. The van der Waals surface area contributed by atoms with E-state index in [1.165, 1.54) is 12.0 Å². The van der Waals surface area contributed by atoms with E-state index in [2.05, 4.69) is 33.8 Å². The topological polar surface area (TPSA) is 17.1 Å². The molecule has 2 atom stereocenters. The Bertz CT molecular complexity index is 328. The van der Waals surface area contributed by atoms with Crippen molar-refractivity contribution in [3.8, 4) is 0 Å². The Morgan fingerprint density at radius 3 is 2.35 bits per heavy atom. The minimum Gasteiger partial charge on any atom is -0.299 e. The maximum Gasteiger partial charge on any atom is 0.141 e. The van der Waals surface area contributed by atoms with Gasteiger partial charge in [-0.2, -0.15) is 0 Å². The maximum atomic E-state index is 12.4. The lowest BCUT2D eigenvalue weighted by Crippen LogP contribution is -2.34. The molecule has 0 spiro atoms. The van der Waals surface area contributed by atoms with Crippen molar-refractivity contribution in [3.63, 3.8) is 0 Å². The average molecular weight is 236 g/mol. The van der Waals surface area contributed by atoms with Gasteiger partial charge >= 0.3 is 0 Å². The molecule has 0 aromatic heterocycles. The predicted octanol–water partition coefficient (Wildman–Crippen LogP) is 4.62. The first-order valence-electron chi connectivity index (χ1n) is 6.74. The molecule has 0 N–H and O–H groups in total. The summed E-state index contributed by atoms with van der Waals surface area (Å²) >= 11 is 0. The van der Waals surface area contributed by atoms with Crippen molar-refractivity contribution >= 4 is 5.78 Å². The molecule has 0 amide bonds. The lowest BCUT2D eigenvalue weighted by Gasteiger charge is -2.37. The molecule has 1 aliphatic rings. The molecule has 2 unspecified atom stereocenters. The summed E-state index contributed by atoms with van der Waals surface area (Å²) in [7, 11) is 0. The Kier molecular flexibility index (Phi) is 3.91. The highest BCUT2D eigenvalue weighted by Gasteiger charge is 2.36. The van der Waals surface area contributed by atoms with Gasteiger partial charge < -0.3 is 0 Å². The monoisotopic (exact) mass is 236 g/mol. The zero-order chi connectivity index (χ0) is 13.4. The molecule has 0 heterocycles. The first kappa shape index (κ1) is 14.5. The van der Waals surface area contributed by atoms with E-state index < -0.39 is 0 Å². The minimum absolute atomic E-state index is 0.143. The van der Waals surface area contributed by atoms with E-state index in [-0.39, 0.29) is 11.3 Å². The third-order valence-electron chi connectivity index (χ3n) is 3.84. The quantitative estimate of drug-likeness (QED) is 0.639. The van der Waals surface area contributed by atoms with Gasteiger partial charge in [0.25, 0.3) is 0 Å². The van der Waals surface area contributed by atoms with Gasteiger partial charge in [-0.1, -0.05) is 53.2 Å². The molecule has 0 aromatic rings. The van der Waals surface area contributed by atoms with E-state index in [1.54, 1.807) is 0 Å². The summed E-state index contributed by atoms with van der Waals surface area (Å²) in [6.07, 6.45) is 4.63. The van der Waals surface area contributed by atoms with Crippen LogP contribution in [0.1, 0.15) is 61.3 Å². The van der Waals surface area contributed by atoms with Crippen molar-refractivity contribution in [3.05, 3.63) is 11.6 Å². The SMILES string of the molecule is CC1=CC(C(C)C(=O)C(C)(C)C)CC(C)(C)C1. The summed E-state index contributed by atoms with van der Waals surface area (Å²) in [5, 5.41) is 0. The van der Waals surface area contributed by atoms with Crippen LogP contribution in [0.25, 0.3) is 0 Å². The van der Waals surface area contributed by atoms with Crippen molar-refractivity contribution in [1.29, 1.82) is 0 Å². The number of Topliss-reactive ketones (excluding diaryl/α,β-unsaturated/α-hetero) is 1. The Balaban J connectivity index is 2.87. The Morgan fingerprint density at radius 2 is 1.94 bits per heavy atom. The van der Waals surface area contributed by atoms with Gasteiger partial charge in [0.1, 0.15) is 5.78 Å². The maximum absolute atomic E-state index is 12.4. The molecule has 1 nitrogen and oxygen atoms in total. The lowest BCUT2D eigenvalue weighted by molar-refractivity contribution is -0.131. The van der Waals surface area contributed by atoms with Crippen molar-refractivity contribution in [1.82, 2.24) is 0 Å². The number of carbonyl (C=O) groups is 1. The van der Waals surface area contributed by atoms with Crippen LogP contribution in [-0.4, -0.2) is 5.78 Å². The van der Waals surface area contributed by atoms with Crippen LogP contribution in [0.2, 0.25) is 0 Å². The highest BCUT2D eigenvalue weighted by atomic mass is 16.1. The zero-order valence-electron chi connectivity index (χ0n) is 12.6. The number of ketones is 1. The molecule has 0 bridgehead atoms. The first-order valence-corrected chi connectivity index (χ1v) is 6.74. The normalized spacial score (nSPS) is 26.3. The summed E-state index contributed by atoms with van der Waals surface area (Å²) in [6.45, 7) is 15.0. The van der Waals surface area contributed by atoms with Gasteiger partial charge in [0, 0.05) is 11.3 Å². The Labute approximate surface area is 107 Å². The second-order valence-corrected chi connectivity index (χ2v) is 7.62. The van der Waals surface area contributed by atoms with Crippen LogP contribution in [-0.2, 0) is 4.79 Å². The molecule has 0 saturated heterocycles. The van der Waals surface area contributed by atoms with Crippen LogP contribution in [0.15, 0.2) is 11.6 Å². The summed E-state index contributed by atoms with van der Waals surface area (Å²) in [5.41, 5.74) is 1.57. The summed E-state index contributed by atoms with van der Waals surface area (Å²) in [5.74, 6) is 0.958. The molecule has 17 heavy (non-hydrogen) atoms. The molecular weight excluding hydrogens is 208 g/mol. The molecule has 0 fully saturated rings. The predicted molar refractivity (Wildman–Crippen MR) is 73.9 cm³/mol. The highest BCUT2D eigenvalue weighted by Crippen LogP contribution is 2.42. The fraction of sp³-hybridized carbons (Fsp3) is 0.812. The minimum atomic E-state index is -0.219. The van der Waals surface area contributed by atoms with E-state index in [1.807, 2.05) is 20.8 Å². The average Bonchev–Trinajstić information content (AvgIpc) is 2.10. The van der Waals surface area contributed by atoms with Gasteiger partial charge in [-0.3, -0.25) is 4.79 Å². The van der Waals surface area contributed by atoms with Crippen molar-refractivity contribution in [2.45, 2.75) is 61.3 Å². The lowest BCUT2D eigenvalue weighted by atomic mass is 9.67. The molecule has 0 saturated carbocycles. The fourth-order valence-electron chi connectivity index (χ4n) is 3.15. The Hall–Kier alpha value is -0.590. The summed E-state index contributed by atoms with van der Waals surface area (Å²) in [6, 6.07) is 0. The van der Waals surface area contributed by atoms with E-state index >= 15 is 0 Å². The smallest absolute Gasteiger partial charge is 0.141 e. The summed E-state index contributed by atoms with van der Waals surface area (Å²) in [4.78, 5) is 12.4. The van der Waals surface area contributed by atoms with Crippen LogP contribution in [0, 0.1) is 22.7 Å². The van der Waals surface area contributed by atoms with Crippen molar-refractivity contribution in [2.75, 3.05) is 0 Å². The summed E-state index contributed by atoms with van der Waals surface area (Å²) < 4.78 is 0. The fourth-order valence-corrected chi connectivity index (χ4v) is 3.15. The van der Waals surface area contributed by atoms with Gasteiger partial charge in [-0.25, -0.2) is 0 Å². The van der Waals surface area contributed by atoms with Gasteiger partial charge in [-0.05, 0) is 31.1 Å². The van der Waals surface area contributed by atoms with Crippen LogP contribution in [0.3, 0.4) is 0 Å². The van der Waals surface area contributed by atoms with Crippen LogP contribution in [0.4, 0.5) is 0 Å². The molecule has 1 heteroatoms. The molecule has 0 aromatic carbocycles. The second-order valence-electron chi connectivity index (χ2n) is 7.62. The van der Waals surface area contributed by atoms with Crippen LogP contribution in [0.5, 0.6) is 0 Å². The van der Waals surface area contributed by atoms with E-state index in [0.29, 0.717) is 17.1 Å². The van der Waals surface area contributed by atoms with E-state index in [0.717, 1.165) is 6.42 Å². The number of hydrogen-bond acceptors (Lipinski definition) is 1. The molecular formula is C16H28O. The number of hydrogen-bond donors (Lipinski definition) is 0. The van der Waals surface area contributed by atoms with E-state index in [9.17, 15) is 4.79 Å². The van der Waals surface area contributed by atoms with Crippen LogP contribution < -0.4 is 0 Å². The van der Waals surface area contributed by atoms with Crippen LogP contribution >= 0.6 is 0 Å². The number of allylic oxidation sites excluding steroid dienone is 2. The highest BCUT2D eigenvalue weighted by molar-refractivity contribution is 5.86. The number of carbonyl (C=O) groups excluding carboxylic acids is 1. The standard InChI is InChI=1S/C16H28O/c1-11-8-13(10-16(6,7)9-11)12(2)14(17)15(3,4)5/h8,12-13H,9-10H2,1-7H3. The van der Waals surface area contributed by atoms with Crippen molar-refractivity contribution in [2.24, 2.45) is 22.7 Å². The van der Waals surface area contributed by atoms with Gasteiger partial charge in [0.05, 0.1) is 0 Å². The Morgan fingerprint density at radius 1 is 1.41 bits per heavy atom. The third-order valence-corrected chi connectivity index (χ3v) is 3.84. The van der Waals surface area contributed by atoms with Gasteiger partial charge in [-0.15, -0.1) is 0 Å². The molecule has 0 aliphatic heterocycles. The third kappa shape index (κ3) is 3.69. The second kappa shape index (κ2) is 4.59. The number of rotatable bonds is 2. The molecule has 1 rings (SSSR count). The molecule has 0 radical (unpaired) electrons. The molecule has 1 aliphatic carbocycles. The van der Waals surface area contributed by atoms with E-state index in [4.69, 9.17) is 0 Å². The largest absolute Gasteiger partial charge is 0.299 e. The van der Waals surface area contributed by atoms with Gasteiger partial charge in [0.15, 0.2) is 0 Å². The van der Waals surface area contributed by atoms with Crippen molar-refractivity contribution < 1.29 is 4.79 Å². The zero-order valence-corrected chi connectivity index (χ0v) is 12.6. The first-order chi connectivity index (χ1) is 7.53. The van der Waals surface area contributed by atoms with Gasteiger partial charge in [0.2, 0.25) is 0 Å².